The number of aliphatic imine (C=N–C) groups is 1. The van der Waals surface area contributed by atoms with Crippen LogP contribution in [0.25, 0.3) is 0 Å². The summed E-state index contributed by atoms with van der Waals surface area (Å²) in [6.07, 6.45) is -1.29. The molecule has 1 heterocycles. The molecule has 0 saturated heterocycles. The van der Waals surface area contributed by atoms with Gasteiger partial charge in [-0.3, -0.25) is 0 Å². The van der Waals surface area contributed by atoms with Crippen molar-refractivity contribution in [1.29, 1.82) is 0 Å². The molecule has 0 atom stereocenters. The molecule has 6 heteroatoms. The van der Waals surface area contributed by atoms with E-state index in [0.29, 0.717) is 6.54 Å². The molecule has 54 valence electrons. The van der Waals surface area contributed by atoms with Crippen LogP contribution in [0.4, 0.5) is 4.79 Å². The van der Waals surface area contributed by atoms with Gasteiger partial charge in [-0.2, -0.15) is 0 Å². The first-order valence-electron chi connectivity index (χ1n) is 2.37. The molecule has 0 spiro atoms. The number of thioether (sulfide) groups is 1. The Labute approximate surface area is 95.0 Å². The van der Waals surface area contributed by atoms with Crippen LogP contribution in [0.15, 0.2) is 4.99 Å². The van der Waals surface area contributed by atoms with Crippen LogP contribution in [0, 0.1) is 0 Å². The second kappa shape index (κ2) is 5.23. The van der Waals surface area contributed by atoms with E-state index in [1.165, 1.54) is 11.8 Å². The van der Waals surface area contributed by atoms with Gasteiger partial charge in [-0.25, -0.2) is 9.79 Å². The van der Waals surface area contributed by atoms with Gasteiger partial charge in [0.25, 0.3) is 5.23 Å². The average molecular weight is 189 g/mol. The summed E-state index contributed by atoms with van der Waals surface area (Å²) in [5.41, 5.74) is 0. The molecule has 0 aromatic heterocycles. The van der Waals surface area contributed by atoms with Gasteiger partial charge in [0.15, 0.2) is 0 Å². The second-order valence-electron chi connectivity index (χ2n) is 1.36. The zero-order valence-corrected chi connectivity index (χ0v) is 8.27. The summed E-state index contributed by atoms with van der Waals surface area (Å²) in [6, 6.07) is 0. The topological polar surface area (TPSA) is 58.9 Å². The maximum absolute atomic E-state index is 9.84. The van der Waals surface area contributed by atoms with Crippen molar-refractivity contribution >= 4 is 60.9 Å². The summed E-state index contributed by atoms with van der Waals surface area (Å²) >= 11 is 1.32. The van der Waals surface area contributed by atoms with Gasteiger partial charge in [-0.15, -0.1) is 0 Å². The van der Waals surface area contributed by atoms with Gasteiger partial charge >= 0.3 is 43.9 Å². The summed E-state index contributed by atoms with van der Waals surface area (Å²) in [5, 5.41) is 8.32. The molecule has 1 N–H and O–H groups in total. The minimum Gasteiger partial charge on any atom is -1.00 e. The molecule has 1 rings (SSSR count). The maximum Gasteiger partial charge on any atom is 2.00 e. The molecule has 4 nitrogen and oxygen atoms in total. The summed E-state index contributed by atoms with van der Waals surface area (Å²) in [5.74, 6) is 0.822. The molecule has 0 radical (unpaired) electrons. The third-order valence-electron chi connectivity index (χ3n) is 0.732. The average Bonchev–Trinajstić information content (AvgIpc) is 2.15. The molecule has 0 aliphatic carbocycles. The Bertz CT molecular complexity index is 168. The number of rotatable bonds is 0. The van der Waals surface area contributed by atoms with Gasteiger partial charge in [0.05, 0.1) is 6.54 Å². The van der Waals surface area contributed by atoms with Gasteiger partial charge in [0, 0.05) is 5.75 Å². The van der Waals surface area contributed by atoms with Gasteiger partial charge in [-0.1, -0.05) is 11.8 Å². The van der Waals surface area contributed by atoms with Crippen LogP contribution in [0.5, 0.6) is 0 Å². The van der Waals surface area contributed by atoms with E-state index in [2.05, 4.69) is 9.73 Å². The van der Waals surface area contributed by atoms with Gasteiger partial charge < -0.3 is 12.7 Å². The summed E-state index contributed by atoms with van der Waals surface area (Å²) < 4.78 is 4.24. The monoisotopic (exact) mass is 189 g/mol. The molecule has 1 aliphatic rings. The molecule has 1 aliphatic heterocycles. The van der Waals surface area contributed by atoms with E-state index in [1.54, 1.807) is 0 Å². The predicted molar refractivity (Wildman–Crippen MR) is 41.8 cm³/mol. The van der Waals surface area contributed by atoms with Crippen LogP contribution >= 0.6 is 11.8 Å². The van der Waals surface area contributed by atoms with Crippen LogP contribution in [0.3, 0.4) is 0 Å². The molecule has 0 bridgehead atoms. The van der Waals surface area contributed by atoms with Crippen molar-refractivity contribution in [2.45, 2.75) is 0 Å². The third-order valence-corrected chi connectivity index (χ3v) is 1.58. The van der Waals surface area contributed by atoms with E-state index < -0.39 is 6.16 Å². The Kier molecular flexibility index (Phi) is 5.52. The fourth-order valence-electron chi connectivity index (χ4n) is 0.452. The fourth-order valence-corrected chi connectivity index (χ4v) is 1.12. The normalized spacial score (nSPS) is 15.4. The molecule has 0 saturated carbocycles. The molecule has 0 aromatic rings. The van der Waals surface area contributed by atoms with Crippen molar-refractivity contribution in [3.8, 4) is 0 Å². The Morgan fingerprint density at radius 1 is 1.90 bits per heavy atom. The van der Waals surface area contributed by atoms with Crippen LogP contribution in [0.2, 0.25) is 0 Å². The number of hydrogen-bond acceptors (Lipinski definition) is 4. The molecule has 0 unspecified atom stereocenters. The number of carboxylic acid groups (broad SMARTS) is 1. The zero-order chi connectivity index (χ0) is 6.69. The van der Waals surface area contributed by atoms with Crippen molar-refractivity contribution in [1.82, 2.24) is 0 Å². The van der Waals surface area contributed by atoms with Crippen molar-refractivity contribution in [2.24, 2.45) is 4.99 Å². The van der Waals surface area contributed by atoms with Crippen molar-refractivity contribution in [3.05, 3.63) is 0 Å². The van der Waals surface area contributed by atoms with E-state index in [1.807, 2.05) is 0 Å². The largest absolute Gasteiger partial charge is 2.00 e. The first-order chi connectivity index (χ1) is 4.29. The van der Waals surface area contributed by atoms with Crippen molar-refractivity contribution < 1.29 is 17.5 Å². The second-order valence-corrected chi connectivity index (χ2v) is 2.41. The summed E-state index contributed by atoms with van der Waals surface area (Å²) in [4.78, 5) is 13.6. The van der Waals surface area contributed by atoms with Crippen LogP contribution < -0.4 is 0 Å². The van der Waals surface area contributed by atoms with Crippen LogP contribution in [-0.2, 0) is 4.74 Å². The van der Waals surface area contributed by atoms with Gasteiger partial charge in [0.2, 0.25) is 0 Å². The summed E-state index contributed by atoms with van der Waals surface area (Å²) in [6.45, 7) is 0.660. The van der Waals surface area contributed by atoms with E-state index in [9.17, 15) is 4.79 Å². The minimum atomic E-state index is -1.29. The molecular weight excluding hydrogens is 182 g/mol. The fraction of sp³-hybridized carbons (Fsp3) is 0.500. The van der Waals surface area contributed by atoms with E-state index in [-0.39, 0.29) is 45.8 Å². The van der Waals surface area contributed by atoms with Gasteiger partial charge in [0.1, 0.15) is 0 Å². The Balaban J connectivity index is -0.000000270. The Morgan fingerprint density at radius 3 is 3.00 bits per heavy atom. The van der Waals surface area contributed by atoms with Crippen LogP contribution in [-0.4, -0.2) is 66.5 Å². The van der Waals surface area contributed by atoms with E-state index >= 15 is 0 Å². The summed E-state index contributed by atoms with van der Waals surface area (Å²) in [7, 11) is 0. The molecular formula is C4H7CaNO3S. The zero-order valence-electron chi connectivity index (χ0n) is 7.24. The van der Waals surface area contributed by atoms with E-state index in [0.717, 1.165) is 5.75 Å². The smallest absolute Gasteiger partial charge is 1.00 e. The van der Waals surface area contributed by atoms with Gasteiger partial charge in [-0.05, 0) is 0 Å². The third kappa shape index (κ3) is 3.65. The first kappa shape index (κ1) is 10.5. The Morgan fingerprint density at radius 2 is 2.60 bits per heavy atom. The quantitative estimate of drug-likeness (QED) is 0.448. The molecule has 0 amide bonds. The Hall–Kier alpha value is 0.550. The first-order valence-corrected chi connectivity index (χ1v) is 3.35. The number of ether oxygens (including phenoxy) is 1. The van der Waals surface area contributed by atoms with Crippen molar-refractivity contribution in [2.75, 3.05) is 12.3 Å². The number of nitrogens with zero attached hydrogens (tertiary/aromatic N) is 1. The maximum atomic E-state index is 9.84. The predicted octanol–water partition coefficient (Wildman–Crippen LogP) is 0.628. The molecule has 0 aromatic carbocycles. The van der Waals surface area contributed by atoms with Crippen LogP contribution in [0.1, 0.15) is 2.85 Å². The molecule has 0 fully saturated rings. The SMILES string of the molecule is O=C(O)OC1=NCCS1.[Ca+2].[H-].[H-]. The van der Waals surface area contributed by atoms with E-state index in [4.69, 9.17) is 5.11 Å². The number of carbonyl (C=O) groups is 1. The molecule has 10 heavy (non-hydrogen) atoms. The van der Waals surface area contributed by atoms with Crippen molar-refractivity contribution in [3.63, 3.8) is 0 Å². The number of hydrogen-bond donors (Lipinski definition) is 1. The minimum absolute atomic E-state index is 0. The standard InChI is InChI=1S/C4H5NO3S.Ca.2H/c6-4(7)8-3-5-1-2-9-3;;;/h1-2H2,(H,6,7);;;/q;+2;2*-1.